The third-order valence-electron chi connectivity index (χ3n) is 5.04. The first-order valence-corrected chi connectivity index (χ1v) is 10.5. The lowest BCUT2D eigenvalue weighted by Gasteiger charge is -2.34. The van der Waals surface area contributed by atoms with Crippen molar-refractivity contribution < 1.29 is 14.0 Å². The van der Waals surface area contributed by atoms with E-state index in [4.69, 9.17) is 0 Å². The molecule has 3 aromatic rings. The Bertz CT molecular complexity index is 1040. The van der Waals surface area contributed by atoms with Crippen molar-refractivity contribution in [2.45, 2.75) is 6.54 Å². The summed E-state index contributed by atoms with van der Waals surface area (Å²) < 4.78 is 14.9. The summed E-state index contributed by atoms with van der Waals surface area (Å²) in [4.78, 5) is 29.7. The second-order valence-electron chi connectivity index (χ2n) is 7.17. The number of piperazine rings is 1. The number of anilines is 1. The van der Waals surface area contributed by atoms with Crippen molar-refractivity contribution in [2.75, 3.05) is 31.5 Å². The van der Waals surface area contributed by atoms with Crippen LogP contribution in [0.25, 0.3) is 0 Å². The molecule has 1 N–H and O–H groups in total. The molecule has 0 saturated carbocycles. The van der Waals surface area contributed by atoms with Gasteiger partial charge in [0, 0.05) is 45.8 Å². The average molecular weight is 428 g/mol. The SMILES string of the molecule is Cn1nc(C(=O)N2CCN(Cc3cccc(F)c3)CC2)cc1NC(=O)c1cccs1. The molecule has 3 heterocycles. The normalized spacial score (nSPS) is 14.7. The van der Waals surface area contributed by atoms with Crippen LogP contribution in [0.4, 0.5) is 10.2 Å². The van der Waals surface area contributed by atoms with E-state index >= 15 is 0 Å². The van der Waals surface area contributed by atoms with E-state index in [9.17, 15) is 14.0 Å². The number of aryl methyl sites for hydroxylation is 1. The predicted molar refractivity (Wildman–Crippen MR) is 113 cm³/mol. The van der Waals surface area contributed by atoms with Gasteiger partial charge in [0.05, 0.1) is 4.88 Å². The first kappa shape index (κ1) is 20.2. The van der Waals surface area contributed by atoms with E-state index in [2.05, 4.69) is 15.3 Å². The summed E-state index contributed by atoms with van der Waals surface area (Å²) >= 11 is 1.35. The quantitative estimate of drug-likeness (QED) is 0.680. The molecule has 0 bridgehead atoms. The van der Waals surface area contributed by atoms with E-state index in [0.717, 1.165) is 5.56 Å². The van der Waals surface area contributed by atoms with Gasteiger partial charge in [-0.25, -0.2) is 4.39 Å². The van der Waals surface area contributed by atoms with Gasteiger partial charge in [-0.1, -0.05) is 18.2 Å². The highest BCUT2D eigenvalue weighted by molar-refractivity contribution is 7.12. The molecule has 0 unspecified atom stereocenters. The minimum atomic E-state index is -0.238. The summed E-state index contributed by atoms with van der Waals surface area (Å²) in [5.74, 6) is -0.148. The molecule has 0 aliphatic carbocycles. The van der Waals surface area contributed by atoms with Crippen LogP contribution in [0.3, 0.4) is 0 Å². The van der Waals surface area contributed by atoms with E-state index in [1.165, 1.54) is 28.2 Å². The van der Waals surface area contributed by atoms with Gasteiger partial charge in [0.15, 0.2) is 5.69 Å². The maximum absolute atomic E-state index is 13.4. The second kappa shape index (κ2) is 8.76. The van der Waals surface area contributed by atoms with Crippen molar-refractivity contribution >= 4 is 29.0 Å². The number of amides is 2. The summed E-state index contributed by atoms with van der Waals surface area (Å²) in [6, 6.07) is 11.7. The van der Waals surface area contributed by atoms with Crippen LogP contribution in [0.5, 0.6) is 0 Å². The number of nitrogens with one attached hydrogen (secondary N) is 1. The van der Waals surface area contributed by atoms with Crippen molar-refractivity contribution in [1.29, 1.82) is 0 Å². The molecule has 2 amide bonds. The number of hydrogen-bond acceptors (Lipinski definition) is 5. The standard InChI is InChI=1S/C21H22FN5O2S/c1-25-19(23-20(28)18-6-3-11-30-18)13-17(24-25)21(29)27-9-7-26(8-10-27)14-15-4-2-5-16(22)12-15/h2-6,11-13H,7-10,14H2,1H3,(H,23,28). The Morgan fingerprint density at radius 3 is 2.63 bits per heavy atom. The van der Waals surface area contributed by atoms with Gasteiger partial charge in [-0.2, -0.15) is 5.10 Å². The van der Waals surface area contributed by atoms with Crippen LogP contribution in [-0.4, -0.2) is 57.6 Å². The van der Waals surface area contributed by atoms with Gasteiger partial charge in [-0.15, -0.1) is 11.3 Å². The van der Waals surface area contributed by atoms with Crippen LogP contribution in [-0.2, 0) is 13.6 Å². The third kappa shape index (κ3) is 4.58. The van der Waals surface area contributed by atoms with Gasteiger partial charge in [0.25, 0.3) is 11.8 Å². The Kier molecular flexibility index (Phi) is 5.91. The fourth-order valence-corrected chi connectivity index (χ4v) is 4.06. The topological polar surface area (TPSA) is 70.5 Å². The van der Waals surface area contributed by atoms with E-state index < -0.39 is 0 Å². The fourth-order valence-electron chi connectivity index (χ4n) is 3.44. The summed E-state index contributed by atoms with van der Waals surface area (Å²) in [5.41, 5.74) is 1.23. The molecular weight excluding hydrogens is 405 g/mol. The Balaban J connectivity index is 1.34. The number of thiophene rings is 1. The molecular formula is C21H22FN5O2S. The second-order valence-corrected chi connectivity index (χ2v) is 8.12. The van der Waals surface area contributed by atoms with Crippen molar-refractivity contribution in [2.24, 2.45) is 7.05 Å². The lowest BCUT2D eigenvalue weighted by atomic mass is 10.2. The largest absolute Gasteiger partial charge is 0.335 e. The Morgan fingerprint density at radius 1 is 1.13 bits per heavy atom. The summed E-state index contributed by atoms with van der Waals surface area (Å²) in [7, 11) is 1.69. The van der Waals surface area contributed by atoms with Crippen molar-refractivity contribution in [3.05, 3.63) is 69.8 Å². The molecule has 9 heteroatoms. The van der Waals surface area contributed by atoms with E-state index in [0.29, 0.717) is 49.1 Å². The number of aromatic nitrogens is 2. The van der Waals surface area contributed by atoms with Gasteiger partial charge in [0.2, 0.25) is 0 Å². The number of carbonyl (C=O) groups is 2. The minimum absolute atomic E-state index is 0.160. The number of benzene rings is 1. The highest BCUT2D eigenvalue weighted by Crippen LogP contribution is 2.17. The first-order chi connectivity index (χ1) is 14.5. The van der Waals surface area contributed by atoms with Gasteiger partial charge in [-0.3, -0.25) is 19.2 Å². The summed E-state index contributed by atoms with van der Waals surface area (Å²) in [5, 5.41) is 8.90. The monoisotopic (exact) mass is 427 g/mol. The molecule has 1 aliphatic heterocycles. The van der Waals surface area contributed by atoms with Gasteiger partial charge < -0.3 is 10.2 Å². The lowest BCUT2D eigenvalue weighted by Crippen LogP contribution is -2.48. The molecule has 7 nitrogen and oxygen atoms in total. The van der Waals surface area contributed by atoms with E-state index in [1.54, 1.807) is 30.1 Å². The summed E-state index contributed by atoms with van der Waals surface area (Å²) in [6.07, 6.45) is 0. The van der Waals surface area contributed by atoms with Crippen LogP contribution >= 0.6 is 11.3 Å². The highest BCUT2D eigenvalue weighted by Gasteiger charge is 2.25. The first-order valence-electron chi connectivity index (χ1n) is 9.64. The molecule has 1 saturated heterocycles. The molecule has 30 heavy (non-hydrogen) atoms. The van der Waals surface area contributed by atoms with Crippen molar-refractivity contribution in [3.63, 3.8) is 0 Å². The zero-order valence-electron chi connectivity index (χ0n) is 16.5. The molecule has 156 valence electrons. The maximum Gasteiger partial charge on any atom is 0.274 e. The predicted octanol–water partition coefficient (Wildman–Crippen LogP) is 2.83. The molecule has 1 aliphatic rings. The number of nitrogens with zero attached hydrogens (tertiary/aromatic N) is 4. The van der Waals surface area contributed by atoms with Crippen LogP contribution in [0.2, 0.25) is 0 Å². The molecule has 0 atom stereocenters. The average Bonchev–Trinajstić information content (AvgIpc) is 3.39. The number of carbonyl (C=O) groups excluding carboxylic acids is 2. The smallest absolute Gasteiger partial charge is 0.274 e. The van der Waals surface area contributed by atoms with Crippen LogP contribution < -0.4 is 5.32 Å². The van der Waals surface area contributed by atoms with E-state index in [-0.39, 0.29) is 17.6 Å². The Labute approximate surface area is 177 Å². The zero-order chi connectivity index (χ0) is 21.1. The van der Waals surface area contributed by atoms with E-state index in [1.807, 2.05) is 17.5 Å². The van der Waals surface area contributed by atoms with Crippen molar-refractivity contribution in [3.8, 4) is 0 Å². The number of rotatable bonds is 5. The molecule has 4 rings (SSSR count). The van der Waals surface area contributed by atoms with Crippen LogP contribution in [0.1, 0.15) is 25.7 Å². The van der Waals surface area contributed by atoms with Crippen LogP contribution in [0.15, 0.2) is 47.8 Å². The Morgan fingerprint density at radius 2 is 1.93 bits per heavy atom. The molecule has 1 fully saturated rings. The number of hydrogen-bond donors (Lipinski definition) is 1. The van der Waals surface area contributed by atoms with Crippen molar-refractivity contribution in [1.82, 2.24) is 19.6 Å². The minimum Gasteiger partial charge on any atom is -0.335 e. The lowest BCUT2D eigenvalue weighted by molar-refractivity contribution is 0.0622. The van der Waals surface area contributed by atoms with Gasteiger partial charge in [-0.05, 0) is 29.1 Å². The van der Waals surface area contributed by atoms with Gasteiger partial charge in [0.1, 0.15) is 11.6 Å². The fraction of sp³-hybridized carbons (Fsp3) is 0.286. The summed E-state index contributed by atoms with van der Waals surface area (Å²) in [6.45, 7) is 3.21. The van der Waals surface area contributed by atoms with Crippen LogP contribution in [0, 0.1) is 5.82 Å². The zero-order valence-corrected chi connectivity index (χ0v) is 17.4. The van der Waals surface area contributed by atoms with Gasteiger partial charge >= 0.3 is 0 Å². The third-order valence-corrected chi connectivity index (χ3v) is 5.91. The molecule has 0 spiro atoms. The Hall–Kier alpha value is -3.04. The molecule has 1 aromatic carbocycles. The number of halogens is 1. The molecule has 2 aromatic heterocycles. The maximum atomic E-state index is 13.4. The molecule has 0 radical (unpaired) electrons. The highest BCUT2D eigenvalue weighted by atomic mass is 32.1.